The number of nitrogens with zero attached hydrogens (tertiary/aromatic N) is 1. The summed E-state index contributed by atoms with van der Waals surface area (Å²) in [7, 11) is 0. The highest BCUT2D eigenvalue weighted by Crippen LogP contribution is 2.35. The third-order valence-electron chi connectivity index (χ3n) is 5.70. The van der Waals surface area contributed by atoms with Gasteiger partial charge in [-0.05, 0) is 41.8 Å². The summed E-state index contributed by atoms with van der Waals surface area (Å²) in [5, 5.41) is 6.98. The summed E-state index contributed by atoms with van der Waals surface area (Å²) in [4.78, 5) is 30.7. The van der Waals surface area contributed by atoms with Crippen molar-refractivity contribution < 1.29 is 36.6 Å². The van der Waals surface area contributed by atoms with Gasteiger partial charge >= 0.3 is 18.1 Å². The number of H-pyrrole nitrogens is 1. The number of aromatic amines is 1. The normalized spacial score (nSPS) is 14.1. The van der Waals surface area contributed by atoms with Crippen LogP contribution in [0.3, 0.4) is 0 Å². The van der Waals surface area contributed by atoms with Crippen LogP contribution in [0.2, 0.25) is 0 Å². The zero-order valence-corrected chi connectivity index (χ0v) is 19.5. The lowest BCUT2D eigenvalue weighted by molar-refractivity contribution is -0.201. The number of guanidine groups is 1. The van der Waals surface area contributed by atoms with Crippen LogP contribution in [0.4, 0.5) is 17.6 Å². The van der Waals surface area contributed by atoms with E-state index in [4.69, 9.17) is 4.74 Å². The third-order valence-corrected chi connectivity index (χ3v) is 5.70. The maximum absolute atomic E-state index is 13.5. The highest BCUT2D eigenvalue weighted by Gasteiger charge is 2.42. The van der Waals surface area contributed by atoms with Crippen molar-refractivity contribution in [3.05, 3.63) is 65.6 Å². The number of alkyl halides is 3. The van der Waals surface area contributed by atoms with E-state index in [2.05, 4.69) is 25.3 Å². The fraction of sp³-hybridized carbons (Fsp3) is 0.320. The lowest BCUT2D eigenvalue weighted by Crippen LogP contribution is -2.34. The van der Waals surface area contributed by atoms with Gasteiger partial charge in [0.25, 0.3) is 0 Å². The molecule has 37 heavy (non-hydrogen) atoms. The molecule has 0 bridgehead atoms. The molecule has 0 radical (unpaired) electrons. The SMILES string of the molecule is O=C(CC(c1ccc(F)cc1)c1c[nH]c2cc(OCCCNC3=NCCN3)ccc12)OC(=O)C(F)(F)F. The van der Waals surface area contributed by atoms with E-state index in [1.807, 2.05) is 0 Å². The molecule has 1 aliphatic rings. The molecule has 1 aromatic heterocycles. The molecule has 4 rings (SSSR count). The number of hydrogen-bond donors (Lipinski definition) is 3. The Kier molecular flexibility index (Phi) is 7.95. The molecule has 0 amide bonds. The number of hydrogen-bond acceptors (Lipinski definition) is 7. The number of benzene rings is 2. The first kappa shape index (κ1) is 26.0. The molecular weight excluding hydrogens is 496 g/mol. The Morgan fingerprint density at radius 1 is 1.14 bits per heavy atom. The molecule has 2 heterocycles. The van der Waals surface area contributed by atoms with Crippen molar-refractivity contribution in [1.29, 1.82) is 0 Å². The molecule has 0 saturated carbocycles. The lowest BCUT2D eigenvalue weighted by Gasteiger charge is -2.17. The number of nitrogens with one attached hydrogen (secondary N) is 3. The highest BCUT2D eigenvalue weighted by molar-refractivity contribution is 5.90. The average molecular weight is 520 g/mol. The first-order valence-electron chi connectivity index (χ1n) is 11.5. The summed E-state index contributed by atoms with van der Waals surface area (Å²) in [5.74, 6) is -3.86. The van der Waals surface area contributed by atoms with Crippen LogP contribution in [-0.2, 0) is 14.3 Å². The molecule has 0 aliphatic carbocycles. The minimum absolute atomic E-state index is 0.455. The molecule has 3 aromatic rings. The second kappa shape index (κ2) is 11.3. The summed E-state index contributed by atoms with van der Waals surface area (Å²) >= 11 is 0. The van der Waals surface area contributed by atoms with E-state index in [0.717, 1.165) is 25.5 Å². The molecule has 0 spiro atoms. The van der Waals surface area contributed by atoms with E-state index in [1.165, 1.54) is 24.3 Å². The third kappa shape index (κ3) is 6.78. The van der Waals surface area contributed by atoms with Crippen molar-refractivity contribution >= 4 is 28.8 Å². The lowest BCUT2D eigenvalue weighted by atomic mass is 9.88. The number of carbonyl (C=O) groups excluding carboxylic acids is 2. The summed E-state index contributed by atoms with van der Waals surface area (Å²) < 4.78 is 60.9. The maximum Gasteiger partial charge on any atom is 0.491 e. The van der Waals surface area contributed by atoms with Crippen molar-refractivity contribution in [3.63, 3.8) is 0 Å². The van der Waals surface area contributed by atoms with Gasteiger partial charge < -0.3 is 25.1 Å². The van der Waals surface area contributed by atoms with Crippen molar-refractivity contribution in [2.24, 2.45) is 4.99 Å². The topological polar surface area (TPSA) is 105 Å². The van der Waals surface area contributed by atoms with Crippen LogP contribution < -0.4 is 15.4 Å². The predicted molar refractivity (Wildman–Crippen MR) is 127 cm³/mol. The van der Waals surface area contributed by atoms with E-state index in [-0.39, 0.29) is 0 Å². The van der Waals surface area contributed by atoms with Gasteiger partial charge in [0.05, 0.1) is 19.6 Å². The monoisotopic (exact) mass is 520 g/mol. The van der Waals surface area contributed by atoms with Gasteiger partial charge in [-0.3, -0.25) is 9.79 Å². The second-order valence-corrected chi connectivity index (χ2v) is 8.30. The average Bonchev–Trinajstić information content (AvgIpc) is 3.52. The zero-order valence-electron chi connectivity index (χ0n) is 19.5. The van der Waals surface area contributed by atoms with Crippen LogP contribution in [0.25, 0.3) is 10.9 Å². The summed E-state index contributed by atoms with van der Waals surface area (Å²) in [6.45, 7) is 2.72. The Morgan fingerprint density at radius 3 is 2.62 bits per heavy atom. The van der Waals surface area contributed by atoms with Crippen LogP contribution in [0.5, 0.6) is 5.75 Å². The quantitative estimate of drug-likeness (QED) is 0.172. The first-order valence-corrected chi connectivity index (χ1v) is 11.5. The summed E-state index contributed by atoms with van der Waals surface area (Å²) in [6, 6.07) is 10.5. The second-order valence-electron chi connectivity index (χ2n) is 8.30. The van der Waals surface area contributed by atoms with E-state index < -0.39 is 36.3 Å². The van der Waals surface area contributed by atoms with Gasteiger partial charge in [0.15, 0.2) is 5.96 Å². The minimum atomic E-state index is -5.30. The van der Waals surface area contributed by atoms with Crippen LogP contribution >= 0.6 is 0 Å². The molecular formula is C25H24F4N4O4. The number of esters is 2. The molecule has 0 fully saturated rings. The van der Waals surface area contributed by atoms with Crippen molar-refractivity contribution in [1.82, 2.24) is 15.6 Å². The molecule has 3 N–H and O–H groups in total. The standard InChI is InChI=1S/C25H24F4N4O4/c26-16-4-2-15(3-5-16)19(13-22(34)37-23(35)25(27,28)29)20-14-33-21-12-17(6-7-18(20)21)36-11-1-8-30-24-31-9-10-32-24/h2-7,12,14,19,33H,1,8-11,13H2,(H2,30,31,32). The van der Waals surface area contributed by atoms with Crippen LogP contribution in [-0.4, -0.2) is 55.3 Å². The predicted octanol–water partition coefficient (Wildman–Crippen LogP) is 3.78. The van der Waals surface area contributed by atoms with Crippen molar-refractivity contribution in [3.8, 4) is 5.75 Å². The van der Waals surface area contributed by atoms with Crippen molar-refractivity contribution in [2.75, 3.05) is 26.2 Å². The van der Waals surface area contributed by atoms with E-state index in [9.17, 15) is 27.2 Å². The van der Waals surface area contributed by atoms with Crippen LogP contribution in [0.1, 0.15) is 29.9 Å². The Hall–Kier alpha value is -4.09. The number of aromatic nitrogens is 1. The summed E-state index contributed by atoms with van der Waals surface area (Å²) in [6.07, 6.45) is -3.51. The maximum atomic E-state index is 13.5. The van der Waals surface area contributed by atoms with Gasteiger partial charge in [-0.25, -0.2) is 9.18 Å². The number of aliphatic imine (C=N–C) groups is 1. The van der Waals surface area contributed by atoms with Gasteiger partial charge in [-0.1, -0.05) is 12.1 Å². The molecule has 196 valence electrons. The van der Waals surface area contributed by atoms with Gasteiger partial charge in [-0.15, -0.1) is 0 Å². The Bertz CT molecular complexity index is 1290. The van der Waals surface area contributed by atoms with E-state index >= 15 is 0 Å². The van der Waals surface area contributed by atoms with Crippen LogP contribution in [0, 0.1) is 5.82 Å². The number of ether oxygens (including phenoxy) is 2. The van der Waals surface area contributed by atoms with Crippen LogP contribution in [0.15, 0.2) is 53.7 Å². The number of fused-ring (bicyclic) bond motifs is 1. The van der Waals surface area contributed by atoms with Crippen molar-refractivity contribution in [2.45, 2.75) is 24.9 Å². The summed E-state index contributed by atoms with van der Waals surface area (Å²) in [5.41, 5.74) is 1.70. The zero-order chi connectivity index (χ0) is 26.4. The van der Waals surface area contributed by atoms with Gasteiger partial charge in [-0.2, -0.15) is 13.2 Å². The van der Waals surface area contributed by atoms with Gasteiger partial charge in [0.2, 0.25) is 0 Å². The fourth-order valence-electron chi connectivity index (χ4n) is 3.96. The Balaban J connectivity index is 1.47. The highest BCUT2D eigenvalue weighted by atomic mass is 19.4. The van der Waals surface area contributed by atoms with E-state index in [1.54, 1.807) is 24.4 Å². The number of halogens is 4. The first-order chi connectivity index (χ1) is 17.7. The van der Waals surface area contributed by atoms with Gasteiger partial charge in [0.1, 0.15) is 11.6 Å². The molecule has 0 saturated heterocycles. The Labute approximate surface area is 209 Å². The molecule has 8 nitrogen and oxygen atoms in total. The van der Waals surface area contributed by atoms with Gasteiger partial charge in [0, 0.05) is 42.2 Å². The minimum Gasteiger partial charge on any atom is -0.493 e. The Morgan fingerprint density at radius 2 is 1.92 bits per heavy atom. The molecule has 1 atom stereocenters. The molecule has 12 heteroatoms. The number of rotatable bonds is 9. The molecule has 1 unspecified atom stereocenters. The number of carbonyl (C=O) groups is 2. The molecule has 2 aromatic carbocycles. The molecule has 1 aliphatic heterocycles. The fourth-order valence-corrected chi connectivity index (χ4v) is 3.96. The van der Waals surface area contributed by atoms with E-state index in [0.29, 0.717) is 40.9 Å². The smallest absolute Gasteiger partial charge is 0.491 e. The largest absolute Gasteiger partial charge is 0.493 e.